The number of hydrogen-bond donors (Lipinski definition) is 3. The maximum Gasteiger partial charge on any atom is 0.250 e. The minimum absolute atomic E-state index is 0.453. The van der Waals surface area contributed by atoms with Crippen LogP contribution in [0, 0.1) is 5.92 Å². The van der Waals surface area contributed by atoms with Crippen LogP contribution in [0.1, 0.15) is 37.0 Å². The number of rotatable bonds is 6. The molecule has 0 fully saturated rings. The Morgan fingerprint density at radius 3 is 2.71 bits per heavy atom. The normalized spacial score (nSPS) is 10.5. The Morgan fingerprint density at radius 1 is 1.41 bits per heavy atom. The van der Waals surface area contributed by atoms with Crippen molar-refractivity contribution in [3.8, 4) is 0 Å². The summed E-state index contributed by atoms with van der Waals surface area (Å²) < 4.78 is 0. The number of carbonyl (C=O) groups is 1. The predicted octanol–water partition coefficient (Wildman–Crippen LogP) is 2.22. The van der Waals surface area contributed by atoms with E-state index in [0.717, 1.165) is 25.1 Å². The zero-order chi connectivity index (χ0) is 12.8. The molecule has 0 aliphatic heterocycles. The van der Waals surface area contributed by atoms with E-state index in [1.165, 1.54) is 0 Å². The summed E-state index contributed by atoms with van der Waals surface area (Å²) in [5, 5.41) is 3.22. The maximum atomic E-state index is 11.2. The van der Waals surface area contributed by atoms with Crippen molar-refractivity contribution in [2.75, 3.05) is 17.6 Å². The van der Waals surface area contributed by atoms with Crippen LogP contribution in [0.3, 0.4) is 0 Å². The molecule has 4 heteroatoms. The average molecular weight is 235 g/mol. The van der Waals surface area contributed by atoms with Crippen molar-refractivity contribution in [3.05, 3.63) is 23.8 Å². The molecule has 0 saturated heterocycles. The van der Waals surface area contributed by atoms with Crippen molar-refractivity contribution in [2.24, 2.45) is 11.7 Å². The first kappa shape index (κ1) is 13.4. The van der Waals surface area contributed by atoms with Crippen LogP contribution in [0.15, 0.2) is 18.2 Å². The molecule has 0 saturated carbocycles. The van der Waals surface area contributed by atoms with Gasteiger partial charge in [0.05, 0.1) is 5.56 Å². The van der Waals surface area contributed by atoms with E-state index in [-0.39, 0.29) is 0 Å². The molecular weight excluding hydrogens is 214 g/mol. The lowest BCUT2D eigenvalue weighted by Crippen LogP contribution is -2.15. The minimum Gasteiger partial charge on any atom is -0.399 e. The molecule has 0 heterocycles. The molecule has 17 heavy (non-hydrogen) atoms. The van der Waals surface area contributed by atoms with Gasteiger partial charge in [0.25, 0.3) is 5.91 Å². The molecular formula is C13H21N3O. The van der Waals surface area contributed by atoms with Gasteiger partial charge in [0.1, 0.15) is 0 Å². The molecule has 1 aromatic rings. The lowest BCUT2D eigenvalue weighted by molar-refractivity contribution is 0.100. The second-order valence-corrected chi connectivity index (χ2v) is 4.63. The van der Waals surface area contributed by atoms with Gasteiger partial charge in [-0.05, 0) is 37.0 Å². The number of hydrogen-bond acceptors (Lipinski definition) is 3. The number of primary amides is 1. The molecule has 5 N–H and O–H groups in total. The quantitative estimate of drug-likeness (QED) is 0.522. The Labute approximate surface area is 102 Å². The van der Waals surface area contributed by atoms with Gasteiger partial charge in [-0.15, -0.1) is 0 Å². The number of benzene rings is 1. The Hall–Kier alpha value is -1.71. The van der Waals surface area contributed by atoms with Crippen molar-refractivity contribution >= 4 is 17.3 Å². The minimum atomic E-state index is -0.455. The van der Waals surface area contributed by atoms with Gasteiger partial charge in [0, 0.05) is 17.9 Å². The van der Waals surface area contributed by atoms with Gasteiger partial charge in [0.2, 0.25) is 0 Å². The molecule has 0 unspecified atom stereocenters. The van der Waals surface area contributed by atoms with Gasteiger partial charge >= 0.3 is 0 Å². The average Bonchev–Trinajstić information content (AvgIpc) is 2.25. The highest BCUT2D eigenvalue weighted by Gasteiger charge is 2.07. The van der Waals surface area contributed by atoms with E-state index in [1.54, 1.807) is 18.2 Å². The third-order valence-electron chi connectivity index (χ3n) is 2.58. The summed E-state index contributed by atoms with van der Waals surface area (Å²) in [5.41, 5.74) is 12.7. The highest BCUT2D eigenvalue weighted by atomic mass is 16.1. The molecule has 0 bridgehead atoms. The van der Waals surface area contributed by atoms with Crippen LogP contribution in [0.2, 0.25) is 0 Å². The van der Waals surface area contributed by atoms with E-state index < -0.39 is 5.91 Å². The lowest BCUT2D eigenvalue weighted by atomic mass is 10.1. The van der Waals surface area contributed by atoms with Crippen LogP contribution in [-0.2, 0) is 0 Å². The van der Waals surface area contributed by atoms with Crippen LogP contribution >= 0.6 is 0 Å². The van der Waals surface area contributed by atoms with Crippen molar-refractivity contribution < 1.29 is 4.79 Å². The first-order chi connectivity index (χ1) is 8.00. The molecule has 0 radical (unpaired) electrons. The zero-order valence-corrected chi connectivity index (χ0v) is 10.5. The number of anilines is 2. The molecule has 0 atom stereocenters. The molecule has 0 aromatic heterocycles. The lowest BCUT2D eigenvalue weighted by Gasteiger charge is -2.11. The second kappa shape index (κ2) is 6.13. The summed E-state index contributed by atoms with van der Waals surface area (Å²) in [5.74, 6) is 0.238. The predicted molar refractivity (Wildman–Crippen MR) is 71.9 cm³/mol. The summed E-state index contributed by atoms with van der Waals surface area (Å²) in [6.07, 6.45) is 2.23. The van der Waals surface area contributed by atoms with Gasteiger partial charge in [-0.25, -0.2) is 0 Å². The van der Waals surface area contributed by atoms with E-state index in [0.29, 0.717) is 17.2 Å². The Bertz CT molecular complexity index is 388. The molecule has 94 valence electrons. The SMILES string of the molecule is CC(C)CCCNc1ccc(N)cc1C(N)=O. The van der Waals surface area contributed by atoms with E-state index in [4.69, 9.17) is 11.5 Å². The van der Waals surface area contributed by atoms with Crippen molar-refractivity contribution in [1.29, 1.82) is 0 Å². The summed E-state index contributed by atoms with van der Waals surface area (Å²) in [6.45, 7) is 5.22. The summed E-state index contributed by atoms with van der Waals surface area (Å²) in [4.78, 5) is 11.2. The Kier molecular flexibility index (Phi) is 4.82. The van der Waals surface area contributed by atoms with Gasteiger partial charge in [-0.1, -0.05) is 13.8 Å². The first-order valence-corrected chi connectivity index (χ1v) is 5.94. The van der Waals surface area contributed by atoms with Crippen LogP contribution in [0.5, 0.6) is 0 Å². The standard InChI is InChI=1S/C13H21N3O/c1-9(2)4-3-7-16-12-6-5-10(14)8-11(12)13(15)17/h5-6,8-9,16H,3-4,7,14H2,1-2H3,(H2,15,17). The highest BCUT2D eigenvalue weighted by Crippen LogP contribution is 2.18. The van der Waals surface area contributed by atoms with Crippen molar-refractivity contribution in [2.45, 2.75) is 26.7 Å². The number of nitrogens with two attached hydrogens (primary N) is 2. The van der Waals surface area contributed by atoms with Crippen LogP contribution < -0.4 is 16.8 Å². The van der Waals surface area contributed by atoms with Crippen molar-refractivity contribution in [3.63, 3.8) is 0 Å². The zero-order valence-electron chi connectivity index (χ0n) is 10.5. The Balaban J connectivity index is 2.61. The second-order valence-electron chi connectivity index (χ2n) is 4.63. The molecule has 1 amide bonds. The van der Waals surface area contributed by atoms with E-state index in [9.17, 15) is 4.79 Å². The molecule has 0 aliphatic rings. The molecule has 0 spiro atoms. The fraction of sp³-hybridized carbons (Fsp3) is 0.462. The van der Waals surface area contributed by atoms with E-state index in [1.807, 2.05) is 0 Å². The van der Waals surface area contributed by atoms with Crippen LogP contribution in [0.4, 0.5) is 11.4 Å². The topological polar surface area (TPSA) is 81.1 Å². The summed E-state index contributed by atoms with van der Waals surface area (Å²) in [6, 6.07) is 5.16. The van der Waals surface area contributed by atoms with Gasteiger partial charge in [-0.3, -0.25) is 4.79 Å². The van der Waals surface area contributed by atoms with Crippen molar-refractivity contribution in [1.82, 2.24) is 0 Å². The number of nitrogens with one attached hydrogen (secondary N) is 1. The van der Waals surface area contributed by atoms with Gasteiger partial charge < -0.3 is 16.8 Å². The molecule has 4 nitrogen and oxygen atoms in total. The highest BCUT2D eigenvalue weighted by molar-refractivity contribution is 5.99. The fourth-order valence-electron chi connectivity index (χ4n) is 1.65. The first-order valence-electron chi connectivity index (χ1n) is 5.94. The number of carbonyl (C=O) groups excluding carboxylic acids is 1. The van der Waals surface area contributed by atoms with E-state index >= 15 is 0 Å². The maximum absolute atomic E-state index is 11.2. The van der Waals surface area contributed by atoms with Crippen LogP contribution in [0.25, 0.3) is 0 Å². The molecule has 1 aromatic carbocycles. The smallest absolute Gasteiger partial charge is 0.250 e. The largest absolute Gasteiger partial charge is 0.399 e. The molecule has 0 aliphatic carbocycles. The fourth-order valence-corrected chi connectivity index (χ4v) is 1.65. The number of nitrogen functional groups attached to an aromatic ring is 1. The Morgan fingerprint density at radius 2 is 2.12 bits per heavy atom. The molecule has 1 rings (SSSR count). The summed E-state index contributed by atoms with van der Waals surface area (Å²) >= 11 is 0. The number of amides is 1. The monoisotopic (exact) mass is 235 g/mol. The summed E-state index contributed by atoms with van der Waals surface area (Å²) in [7, 11) is 0. The van der Waals surface area contributed by atoms with Crippen LogP contribution in [-0.4, -0.2) is 12.5 Å². The third kappa shape index (κ3) is 4.34. The van der Waals surface area contributed by atoms with Gasteiger partial charge in [-0.2, -0.15) is 0 Å². The van der Waals surface area contributed by atoms with E-state index in [2.05, 4.69) is 19.2 Å². The van der Waals surface area contributed by atoms with Gasteiger partial charge in [0.15, 0.2) is 0 Å². The third-order valence-corrected chi connectivity index (χ3v) is 2.58.